The predicted molar refractivity (Wildman–Crippen MR) is 130 cm³/mol. The van der Waals surface area contributed by atoms with Crippen LogP contribution < -0.4 is 4.74 Å². The van der Waals surface area contributed by atoms with Crippen molar-refractivity contribution in [2.45, 2.75) is 24.5 Å². The number of hydrogen-bond donors (Lipinski definition) is 0. The van der Waals surface area contributed by atoms with Crippen molar-refractivity contribution in [2.24, 2.45) is 0 Å². The molecule has 1 aliphatic heterocycles. The number of rotatable bonds is 8. The van der Waals surface area contributed by atoms with Gasteiger partial charge in [0.05, 0.1) is 29.1 Å². The number of sulfonamides is 1. The largest absolute Gasteiger partial charge is 0.486 e. The predicted octanol–water partition coefficient (Wildman–Crippen LogP) is 3.88. The smallest absolute Gasteiger partial charge is 0.243 e. The van der Waals surface area contributed by atoms with E-state index in [-0.39, 0.29) is 4.90 Å². The molecule has 1 aliphatic rings. The summed E-state index contributed by atoms with van der Waals surface area (Å²) in [6, 6.07) is 25.0. The van der Waals surface area contributed by atoms with Crippen LogP contribution in [0.25, 0.3) is 11.0 Å². The average Bonchev–Trinajstić information content (AvgIpc) is 3.25. The fourth-order valence-electron chi connectivity index (χ4n) is 4.16. The molecule has 8 heteroatoms. The molecule has 34 heavy (non-hydrogen) atoms. The van der Waals surface area contributed by atoms with Gasteiger partial charge in [0.2, 0.25) is 10.0 Å². The number of hydrogen-bond acceptors (Lipinski definition) is 5. The van der Waals surface area contributed by atoms with Crippen LogP contribution in [0.4, 0.5) is 0 Å². The van der Waals surface area contributed by atoms with Crippen LogP contribution in [0.1, 0.15) is 11.4 Å². The normalized spacial score (nSPS) is 14.9. The number of morpholine rings is 1. The molecule has 0 spiro atoms. The molecule has 0 N–H and O–H groups in total. The lowest BCUT2D eigenvalue weighted by molar-refractivity contribution is 0.0730. The summed E-state index contributed by atoms with van der Waals surface area (Å²) in [5.41, 5.74) is 3.27. The van der Waals surface area contributed by atoms with E-state index in [1.807, 2.05) is 36.4 Å². The third-order valence-electron chi connectivity index (χ3n) is 6.00. The highest BCUT2D eigenvalue weighted by molar-refractivity contribution is 7.89. The Bertz CT molecular complexity index is 1350. The van der Waals surface area contributed by atoms with Crippen LogP contribution in [0.3, 0.4) is 0 Å². The van der Waals surface area contributed by atoms with Crippen molar-refractivity contribution in [3.05, 3.63) is 90.3 Å². The van der Waals surface area contributed by atoms with Crippen LogP contribution in [0.5, 0.6) is 5.75 Å². The SMILES string of the molecule is O=S(=O)(c1ccc(OCc2nc3ccccc3n2CCc2ccccc2)cc1)N1CCOCC1. The summed E-state index contributed by atoms with van der Waals surface area (Å²) in [5, 5.41) is 0. The minimum absolute atomic E-state index is 0.261. The topological polar surface area (TPSA) is 73.7 Å². The summed E-state index contributed by atoms with van der Waals surface area (Å²) in [4.78, 5) is 5.04. The molecular weight excluding hydrogens is 450 g/mol. The fraction of sp³-hybridized carbons (Fsp3) is 0.269. The van der Waals surface area contributed by atoms with E-state index in [0.29, 0.717) is 38.7 Å². The van der Waals surface area contributed by atoms with E-state index >= 15 is 0 Å². The summed E-state index contributed by atoms with van der Waals surface area (Å²) in [6.45, 7) is 2.68. The van der Waals surface area contributed by atoms with Crippen molar-refractivity contribution < 1.29 is 17.9 Å². The van der Waals surface area contributed by atoms with E-state index in [1.54, 1.807) is 24.3 Å². The second kappa shape index (κ2) is 9.97. The Morgan fingerprint density at radius 2 is 1.59 bits per heavy atom. The molecule has 0 atom stereocenters. The van der Waals surface area contributed by atoms with Crippen molar-refractivity contribution in [2.75, 3.05) is 26.3 Å². The second-order valence-electron chi connectivity index (χ2n) is 8.18. The van der Waals surface area contributed by atoms with Crippen LogP contribution >= 0.6 is 0 Å². The summed E-state index contributed by atoms with van der Waals surface area (Å²) >= 11 is 0. The van der Waals surface area contributed by atoms with E-state index in [1.165, 1.54) is 9.87 Å². The zero-order valence-electron chi connectivity index (χ0n) is 18.8. The first-order valence-electron chi connectivity index (χ1n) is 11.4. The van der Waals surface area contributed by atoms with Gasteiger partial charge in [-0.05, 0) is 48.4 Å². The van der Waals surface area contributed by atoms with E-state index in [2.05, 4.69) is 22.8 Å². The van der Waals surface area contributed by atoms with Gasteiger partial charge in [0.1, 0.15) is 18.2 Å². The zero-order chi connectivity index (χ0) is 23.4. The Hall–Kier alpha value is -3.20. The zero-order valence-corrected chi connectivity index (χ0v) is 19.7. The molecule has 3 aromatic carbocycles. The van der Waals surface area contributed by atoms with Gasteiger partial charge in [0, 0.05) is 19.6 Å². The first-order valence-corrected chi connectivity index (χ1v) is 12.8. The lowest BCUT2D eigenvalue weighted by Crippen LogP contribution is -2.40. The molecule has 4 aromatic rings. The highest BCUT2D eigenvalue weighted by Crippen LogP contribution is 2.22. The molecule has 176 valence electrons. The van der Waals surface area contributed by atoms with Gasteiger partial charge in [0.15, 0.2) is 0 Å². The molecule has 0 amide bonds. The summed E-state index contributed by atoms with van der Waals surface area (Å²) in [5.74, 6) is 1.43. The minimum Gasteiger partial charge on any atom is -0.486 e. The summed E-state index contributed by atoms with van der Waals surface area (Å²) in [6.07, 6.45) is 0.891. The molecule has 0 radical (unpaired) electrons. The molecular formula is C26H27N3O4S. The van der Waals surface area contributed by atoms with Crippen LogP contribution in [0.15, 0.2) is 83.8 Å². The van der Waals surface area contributed by atoms with Gasteiger partial charge in [-0.2, -0.15) is 4.31 Å². The minimum atomic E-state index is -3.52. The number of ether oxygens (including phenoxy) is 2. The van der Waals surface area contributed by atoms with Gasteiger partial charge >= 0.3 is 0 Å². The van der Waals surface area contributed by atoms with E-state index < -0.39 is 10.0 Å². The lowest BCUT2D eigenvalue weighted by Gasteiger charge is -2.26. The third-order valence-corrected chi connectivity index (χ3v) is 7.91. The summed E-state index contributed by atoms with van der Waals surface area (Å²) in [7, 11) is -3.52. The maximum absolute atomic E-state index is 12.8. The van der Waals surface area contributed by atoms with Crippen molar-refractivity contribution in [3.8, 4) is 5.75 Å². The number of aryl methyl sites for hydroxylation is 2. The Balaban J connectivity index is 1.31. The van der Waals surface area contributed by atoms with Gasteiger partial charge in [0.25, 0.3) is 0 Å². The molecule has 2 heterocycles. The second-order valence-corrected chi connectivity index (χ2v) is 10.1. The quantitative estimate of drug-likeness (QED) is 0.385. The molecule has 7 nitrogen and oxygen atoms in total. The van der Waals surface area contributed by atoms with Crippen LogP contribution in [-0.2, 0) is 34.3 Å². The number of para-hydroxylation sites is 2. The van der Waals surface area contributed by atoms with Crippen molar-refractivity contribution in [1.29, 1.82) is 0 Å². The average molecular weight is 478 g/mol. The van der Waals surface area contributed by atoms with Crippen molar-refractivity contribution in [3.63, 3.8) is 0 Å². The Kier molecular flexibility index (Phi) is 6.62. The molecule has 0 aliphatic carbocycles. The fourth-order valence-corrected chi connectivity index (χ4v) is 5.57. The molecule has 0 unspecified atom stereocenters. The van der Waals surface area contributed by atoms with Crippen LogP contribution in [0.2, 0.25) is 0 Å². The van der Waals surface area contributed by atoms with Crippen molar-refractivity contribution in [1.82, 2.24) is 13.9 Å². The maximum Gasteiger partial charge on any atom is 0.243 e. The van der Waals surface area contributed by atoms with Crippen LogP contribution in [0, 0.1) is 0 Å². The van der Waals surface area contributed by atoms with Gasteiger partial charge in [-0.15, -0.1) is 0 Å². The molecule has 1 saturated heterocycles. The van der Waals surface area contributed by atoms with E-state index in [0.717, 1.165) is 29.8 Å². The lowest BCUT2D eigenvalue weighted by atomic mass is 10.1. The number of fused-ring (bicyclic) bond motifs is 1. The summed E-state index contributed by atoms with van der Waals surface area (Å²) < 4.78 is 40.6. The Labute approximate surface area is 199 Å². The van der Waals surface area contributed by atoms with Crippen LogP contribution in [-0.4, -0.2) is 48.6 Å². The molecule has 1 fully saturated rings. The van der Waals surface area contributed by atoms with Gasteiger partial charge in [-0.3, -0.25) is 0 Å². The number of benzene rings is 3. The highest BCUT2D eigenvalue weighted by atomic mass is 32.2. The number of imidazole rings is 1. The van der Waals surface area contributed by atoms with Gasteiger partial charge in [-0.25, -0.2) is 13.4 Å². The first-order chi connectivity index (χ1) is 16.6. The molecule has 1 aromatic heterocycles. The molecule has 5 rings (SSSR count). The van der Waals surface area contributed by atoms with Crippen molar-refractivity contribution >= 4 is 21.1 Å². The Morgan fingerprint density at radius 1 is 0.882 bits per heavy atom. The number of nitrogens with zero attached hydrogens (tertiary/aromatic N) is 3. The third kappa shape index (κ3) is 4.84. The standard InChI is InChI=1S/C26H27N3O4S/c30-34(31,28-16-18-32-19-17-28)23-12-10-22(11-13-23)33-20-26-27-24-8-4-5-9-25(24)29(26)15-14-21-6-2-1-3-7-21/h1-13H,14-20H2. The van der Waals surface area contributed by atoms with E-state index in [4.69, 9.17) is 14.5 Å². The highest BCUT2D eigenvalue weighted by Gasteiger charge is 2.26. The first kappa shape index (κ1) is 22.6. The molecule has 0 bridgehead atoms. The van der Waals surface area contributed by atoms with Gasteiger partial charge in [-0.1, -0.05) is 42.5 Å². The number of aromatic nitrogens is 2. The maximum atomic E-state index is 12.8. The molecule has 0 saturated carbocycles. The van der Waals surface area contributed by atoms with E-state index in [9.17, 15) is 8.42 Å². The van der Waals surface area contributed by atoms with Gasteiger partial charge < -0.3 is 14.0 Å². The Morgan fingerprint density at radius 3 is 2.35 bits per heavy atom. The monoisotopic (exact) mass is 477 g/mol.